The number of carbonyl (C=O) groups excluding carboxylic acids is 4. The zero-order valence-electron chi connectivity index (χ0n) is 63.1. The smallest absolute Gasteiger partial charge is 1.00 e. The minimum atomic E-state index is -1.08. The fourth-order valence-electron chi connectivity index (χ4n) is 8.12. The number of aromatic nitrogens is 20. The zero-order valence-corrected chi connectivity index (χ0v) is 77.2. The summed E-state index contributed by atoms with van der Waals surface area (Å²) >= 11 is 3.20. The minimum Gasteiger partial charge on any atom is -1.00 e. The summed E-state index contributed by atoms with van der Waals surface area (Å²) in [6, 6.07) is 33.1. The number of amides is 1. The summed E-state index contributed by atoms with van der Waals surface area (Å²) < 4.78 is 54.3. The number of hydrogen-bond donors (Lipinski definition) is 4. The first kappa shape index (κ1) is 95.9. The SMILES string of the molecule is Brc1ccccn1.CC(C)n1cnnc1-c1cccc(N)n1.CCOC(=O)c1cn(-c2ccccn2)nc1OC.CCOC(=O)c1cn[nH]c1OC.COc1nn(-c2ccccn2)cc1C(=O)Nc1cccc(-c2nncn2C(C)C)n1.COc1nn(-c2ccccn2)cc1C(=O)O.O=CO[O-].[2H]CF.[Cs+].[Cs+].[H-].[Na+].[OH-]. The third-order valence-electron chi connectivity index (χ3n) is 12.7. The van der Waals surface area contributed by atoms with Crippen molar-refractivity contribution in [3.63, 3.8) is 0 Å². The van der Waals surface area contributed by atoms with Gasteiger partial charge in [0, 0.05) is 43.1 Å². The number of carbonyl (C=O) groups is 5. The van der Waals surface area contributed by atoms with Gasteiger partial charge in [0.2, 0.25) is 23.5 Å². The molecule has 0 radical (unpaired) electrons. The number of nitrogens with zero attached hydrogens (tertiary/aromatic N) is 19. The number of esters is 2. The first-order valence-electron chi connectivity index (χ1n) is 31.2. The Bertz CT molecular complexity index is 4600. The molecule has 42 heteroatoms. The number of aromatic amines is 1. The summed E-state index contributed by atoms with van der Waals surface area (Å²) in [5.74, 6) is 2.39. The number of ether oxygens (including phenoxy) is 6. The van der Waals surface area contributed by atoms with Crippen LogP contribution in [0.5, 0.6) is 23.5 Å². The number of halogens is 2. The molecular weight excluding hydrogens is 1730 g/mol. The number of alkyl halides is 1. The number of aromatic carboxylic acids is 1. The molecule has 12 aromatic heterocycles. The van der Waals surface area contributed by atoms with Crippen LogP contribution in [0, 0.1) is 0 Å². The van der Waals surface area contributed by atoms with Gasteiger partial charge in [-0.1, -0.05) is 36.4 Å². The van der Waals surface area contributed by atoms with Gasteiger partial charge in [0.1, 0.15) is 62.5 Å². The van der Waals surface area contributed by atoms with Crippen LogP contribution in [0.25, 0.3) is 40.5 Å². The molecule has 0 saturated carbocycles. The molecule has 1 amide bonds. The topological polar surface area (TPSA) is 482 Å². The van der Waals surface area contributed by atoms with E-state index in [1.807, 2.05) is 71.5 Å². The molecular formula is C66H75BrCs2FN22NaO15. The first-order valence-corrected chi connectivity index (χ1v) is 31.3. The van der Waals surface area contributed by atoms with Crippen LogP contribution in [0.2, 0.25) is 0 Å². The summed E-state index contributed by atoms with van der Waals surface area (Å²) in [6.07, 6.45) is 15.8. The number of rotatable bonds is 19. The van der Waals surface area contributed by atoms with Gasteiger partial charge in [-0.15, -0.1) is 35.7 Å². The van der Waals surface area contributed by atoms with Gasteiger partial charge >= 0.3 is 185 Å². The summed E-state index contributed by atoms with van der Waals surface area (Å²) in [5.41, 5.74) is 7.85. The van der Waals surface area contributed by atoms with Crippen molar-refractivity contribution in [3.8, 4) is 64.0 Å². The Kier molecular flexibility index (Phi) is 47.6. The Morgan fingerprint density at radius 2 is 1.06 bits per heavy atom. The summed E-state index contributed by atoms with van der Waals surface area (Å²) in [7, 11) is 4.74. The van der Waals surface area contributed by atoms with E-state index >= 15 is 0 Å². The average molecular weight is 1810 g/mol. The molecule has 108 heavy (non-hydrogen) atoms. The van der Waals surface area contributed by atoms with Crippen molar-refractivity contribution in [2.45, 2.75) is 53.6 Å². The van der Waals surface area contributed by atoms with E-state index in [1.54, 1.807) is 124 Å². The van der Waals surface area contributed by atoms with Gasteiger partial charge in [0.25, 0.3) is 12.4 Å². The molecule has 0 spiro atoms. The molecule has 0 saturated heterocycles. The van der Waals surface area contributed by atoms with Gasteiger partial charge in [0.05, 0.1) is 68.8 Å². The molecule has 0 fully saturated rings. The monoisotopic (exact) mass is 1800 g/mol. The fraction of sp³-hybridized carbons (Fsp3) is 0.227. The van der Waals surface area contributed by atoms with Gasteiger partial charge in [-0.3, -0.25) is 14.0 Å². The van der Waals surface area contributed by atoms with Crippen molar-refractivity contribution in [2.75, 3.05) is 59.9 Å². The third kappa shape index (κ3) is 30.7. The molecule has 0 aliphatic rings. The normalized spacial score (nSPS) is 9.71. The standard InChI is InChI=1S/C20H20N8O2.C12H13N3O3.C10H13N5.C10H9N3O3.C7H10N2O3.C5H4BrN.CH3F.CH2O3.2Cs.Na.H2O.H/c1-13(2)27-12-22-25-18(27)15-7-6-8-16(23-15)24-19(29)14-11-28(26-20(14)30-3)17-9-4-5-10-21-17;1-3-18-12(16)9-8-15(14-11(9)17-2)10-6-4-5-7-13-10;1-7(2)15-6-12-14-10(15)8-4-3-5-9(11)13-8;1-16-9-7(10(14)15)6-13(12-9)8-4-2-3-5-11-8;1-3-12-7(10)5-4-8-9-6(5)11-2;6-5-3-1-2-4-7-5;1-2;2-1-4-3;;;;;/h4-13H,1-3H3,(H,23,24,29);4-8H,3H2,1-2H3;3-7H,1-2H3,(H2,11,13);2-6H,1H3,(H,14,15);4H,3H2,1-2H3,(H,8,9);1-4H;1H3;1,3H;;;;1H2;/q;;;;;;;;3*+1;;-1/p-2/i;;;;;;1D;;;;;;. The van der Waals surface area contributed by atoms with E-state index in [4.69, 9.17) is 50.7 Å². The van der Waals surface area contributed by atoms with Crippen molar-refractivity contribution in [3.05, 3.63) is 198 Å². The number of nitrogens with one attached hydrogen (secondary N) is 2. The predicted molar refractivity (Wildman–Crippen MR) is 377 cm³/mol. The van der Waals surface area contributed by atoms with Crippen LogP contribution in [-0.2, 0) is 19.2 Å². The van der Waals surface area contributed by atoms with Gasteiger partial charge in [-0.2, -0.15) is 5.10 Å². The number of methoxy groups -OCH3 is 4. The van der Waals surface area contributed by atoms with E-state index in [1.165, 1.54) is 54.9 Å². The van der Waals surface area contributed by atoms with E-state index in [0.717, 1.165) is 16.1 Å². The van der Waals surface area contributed by atoms with Crippen molar-refractivity contribution in [1.29, 1.82) is 0 Å². The van der Waals surface area contributed by atoms with E-state index in [0.29, 0.717) is 71.3 Å². The Balaban J connectivity index is 0.00000131. The molecule has 12 heterocycles. The van der Waals surface area contributed by atoms with Crippen LogP contribution in [0.15, 0.2) is 176 Å². The van der Waals surface area contributed by atoms with E-state index in [9.17, 15) is 23.6 Å². The molecule has 6 N–H and O–H groups in total. The molecule has 37 nitrogen and oxygen atoms in total. The molecule has 0 aliphatic carbocycles. The molecule has 12 rings (SSSR count). The van der Waals surface area contributed by atoms with Crippen molar-refractivity contribution >= 4 is 57.9 Å². The van der Waals surface area contributed by atoms with Crippen LogP contribution in [0.1, 0.15) is 97.9 Å². The van der Waals surface area contributed by atoms with Crippen LogP contribution < -0.4 is 203 Å². The molecule has 0 aliphatic heterocycles. The van der Waals surface area contributed by atoms with Gasteiger partial charge in [-0.25, -0.2) is 63.4 Å². The fourth-order valence-corrected chi connectivity index (χ4v) is 8.39. The number of carboxylic acid groups (broad SMARTS) is 1. The van der Waals surface area contributed by atoms with Crippen molar-refractivity contribution < 1.29 is 248 Å². The Morgan fingerprint density at radius 3 is 1.43 bits per heavy atom. The van der Waals surface area contributed by atoms with Crippen LogP contribution in [-0.4, -0.2) is 189 Å². The van der Waals surface area contributed by atoms with Gasteiger partial charge in [0.15, 0.2) is 29.1 Å². The Hall–Kier alpha value is -8.20. The number of H-pyrrole nitrogens is 1. The number of anilines is 2. The van der Waals surface area contributed by atoms with E-state index < -0.39 is 31.0 Å². The van der Waals surface area contributed by atoms with Crippen molar-refractivity contribution in [1.82, 2.24) is 99.0 Å². The maximum absolute atomic E-state index is 12.9. The molecule has 12 aromatic rings. The van der Waals surface area contributed by atoms with Gasteiger partial charge in [-0.05, 0) is 130 Å². The number of pyridine rings is 6. The minimum absolute atomic E-state index is 0. The number of nitrogen functional groups attached to an aromatic ring is 1. The van der Waals surface area contributed by atoms with E-state index in [2.05, 4.69) is 116 Å². The third-order valence-corrected chi connectivity index (χ3v) is 13.2. The first-order chi connectivity index (χ1) is 50.7. The summed E-state index contributed by atoms with van der Waals surface area (Å²) in [5, 5.41) is 54.7. The maximum atomic E-state index is 12.9. The zero-order chi connectivity index (χ0) is 76.6. The number of hydrogen-bond acceptors (Lipinski definition) is 29. The number of carboxylic acids is 1. The maximum Gasteiger partial charge on any atom is 1.00 e. The number of nitrogens with two attached hydrogens (primary N) is 1. The quantitative estimate of drug-likeness (QED) is 0.0190. The second-order valence-electron chi connectivity index (χ2n) is 20.1. The van der Waals surface area contributed by atoms with Gasteiger partial charge < -0.3 is 70.8 Å². The van der Waals surface area contributed by atoms with E-state index in [-0.39, 0.29) is 221 Å². The summed E-state index contributed by atoms with van der Waals surface area (Å²) in [6.45, 7) is 12.1. The largest absolute Gasteiger partial charge is 1.00 e. The second-order valence-corrected chi connectivity index (χ2v) is 20.9. The molecule has 0 unspecified atom stereocenters. The molecule has 0 atom stereocenters. The van der Waals surface area contributed by atoms with Crippen LogP contribution in [0.4, 0.5) is 16.0 Å². The van der Waals surface area contributed by atoms with Crippen LogP contribution in [0.3, 0.4) is 0 Å². The average Bonchev–Trinajstić information content (AvgIpc) is 1.66. The Labute approximate surface area is 769 Å². The Morgan fingerprint density at radius 1 is 0.639 bits per heavy atom. The van der Waals surface area contributed by atoms with Crippen LogP contribution >= 0.6 is 15.9 Å². The summed E-state index contributed by atoms with van der Waals surface area (Å²) in [4.78, 5) is 82.8. The molecule has 0 aromatic carbocycles. The molecule has 0 bridgehead atoms. The van der Waals surface area contributed by atoms with Crippen molar-refractivity contribution in [2.24, 2.45) is 0 Å². The molecule has 556 valence electrons. The predicted octanol–water partition coefficient (Wildman–Crippen LogP) is -0.900. The second kappa shape index (κ2) is 53.6.